The normalized spacial score (nSPS) is 10.8. The smallest absolute Gasteiger partial charge is 0.280 e. The first-order valence-electron chi connectivity index (χ1n) is 10.5. The van der Waals surface area contributed by atoms with Gasteiger partial charge in [0.1, 0.15) is 11.4 Å². The number of carbonyl (C=O) groups is 2. The van der Waals surface area contributed by atoms with E-state index in [1.54, 1.807) is 36.7 Å². The van der Waals surface area contributed by atoms with Gasteiger partial charge in [-0.25, -0.2) is 8.78 Å². The Bertz CT molecular complexity index is 1410. The van der Waals surface area contributed by atoms with Gasteiger partial charge in [0.2, 0.25) is 0 Å². The summed E-state index contributed by atoms with van der Waals surface area (Å²) in [7, 11) is 1.53. The van der Waals surface area contributed by atoms with E-state index in [0.717, 1.165) is 28.3 Å². The van der Waals surface area contributed by atoms with E-state index in [2.05, 4.69) is 30.8 Å². The Morgan fingerprint density at radius 1 is 0.914 bits per heavy atom. The van der Waals surface area contributed by atoms with Gasteiger partial charge in [-0.3, -0.25) is 19.6 Å². The van der Waals surface area contributed by atoms with E-state index < -0.39 is 18.0 Å². The molecule has 4 aromatic rings. The molecule has 0 radical (unpaired) electrons. The van der Waals surface area contributed by atoms with Crippen molar-refractivity contribution < 1.29 is 18.4 Å². The minimum atomic E-state index is -2.77. The van der Waals surface area contributed by atoms with Gasteiger partial charge in [-0.2, -0.15) is 10.2 Å². The Morgan fingerprint density at radius 2 is 1.71 bits per heavy atom. The summed E-state index contributed by atoms with van der Waals surface area (Å²) in [6, 6.07) is 12.9. The Labute approximate surface area is 199 Å². The fourth-order valence-corrected chi connectivity index (χ4v) is 3.41. The third kappa shape index (κ3) is 5.32. The molecule has 0 spiro atoms. The fraction of sp³-hybridized carbons (Fsp3) is 0.120. The number of alkyl halides is 2. The number of rotatable bonds is 6. The summed E-state index contributed by atoms with van der Waals surface area (Å²) in [4.78, 5) is 32.2. The number of hydrogen-bond acceptors (Lipinski definition) is 6. The van der Waals surface area contributed by atoms with Crippen LogP contribution in [0.3, 0.4) is 0 Å². The molecule has 0 bridgehead atoms. The van der Waals surface area contributed by atoms with Crippen molar-refractivity contribution in [3.05, 3.63) is 89.6 Å². The maximum absolute atomic E-state index is 12.9. The van der Waals surface area contributed by atoms with Crippen molar-refractivity contribution in [1.29, 1.82) is 0 Å². The van der Waals surface area contributed by atoms with Gasteiger partial charge in [0.05, 0.1) is 11.9 Å². The molecular weight excluding hydrogens is 454 g/mol. The molecule has 176 valence electrons. The molecule has 2 amide bonds. The highest BCUT2D eigenvalue weighted by Gasteiger charge is 2.15. The van der Waals surface area contributed by atoms with Gasteiger partial charge in [-0.15, -0.1) is 0 Å². The first-order chi connectivity index (χ1) is 16.9. The number of halogens is 2. The number of aryl methyl sites for hydroxylation is 1. The lowest BCUT2D eigenvalue weighted by Gasteiger charge is -2.11. The monoisotopic (exact) mass is 474 g/mol. The van der Waals surface area contributed by atoms with Gasteiger partial charge >= 0.3 is 0 Å². The summed E-state index contributed by atoms with van der Waals surface area (Å²) in [6.07, 6.45) is 1.52. The number of hydrogen-bond donors (Lipinski definition) is 2. The fourth-order valence-electron chi connectivity index (χ4n) is 3.41. The molecule has 0 aliphatic rings. The number of nitrogens with one attached hydrogen (secondary N) is 2. The third-order valence-corrected chi connectivity index (χ3v) is 5.25. The summed E-state index contributed by atoms with van der Waals surface area (Å²) < 4.78 is 25.9. The highest BCUT2D eigenvalue weighted by atomic mass is 19.3. The van der Waals surface area contributed by atoms with E-state index in [4.69, 9.17) is 0 Å². The van der Waals surface area contributed by atoms with Gasteiger partial charge in [0.15, 0.2) is 0 Å². The molecule has 8 nitrogen and oxygen atoms in total. The Kier molecular flexibility index (Phi) is 6.81. The van der Waals surface area contributed by atoms with E-state index in [1.165, 1.54) is 19.3 Å². The van der Waals surface area contributed by atoms with Crippen LogP contribution in [0.2, 0.25) is 0 Å². The molecule has 0 saturated carbocycles. The molecule has 10 heteroatoms. The topological polar surface area (TPSA) is 110 Å². The van der Waals surface area contributed by atoms with Crippen molar-refractivity contribution >= 4 is 17.5 Å². The molecule has 35 heavy (non-hydrogen) atoms. The number of benzene rings is 1. The van der Waals surface area contributed by atoms with Crippen LogP contribution >= 0.6 is 0 Å². The molecule has 1 aromatic carbocycles. The zero-order chi connectivity index (χ0) is 24.9. The van der Waals surface area contributed by atoms with Crippen LogP contribution in [0, 0.1) is 6.92 Å². The average Bonchev–Trinajstić information content (AvgIpc) is 2.89. The average molecular weight is 474 g/mol. The van der Waals surface area contributed by atoms with Gasteiger partial charge < -0.3 is 10.6 Å². The summed E-state index contributed by atoms with van der Waals surface area (Å²) in [5.74, 6) is -0.842. The molecule has 0 aliphatic heterocycles. The molecule has 4 rings (SSSR count). The van der Waals surface area contributed by atoms with Crippen molar-refractivity contribution in [3.63, 3.8) is 0 Å². The van der Waals surface area contributed by atoms with Crippen molar-refractivity contribution in [1.82, 2.24) is 25.5 Å². The van der Waals surface area contributed by atoms with E-state index in [1.807, 2.05) is 19.1 Å². The number of pyridine rings is 2. The Hall–Kier alpha value is -4.60. The van der Waals surface area contributed by atoms with Crippen LogP contribution in [0.5, 0.6) is 0 Å². The van der Waals surface area contributed by atoms with Gasteiger partial charge in [-0.05, 0) is 60.5 Å². The summed E-state index contributed by atoms with van der Waals surface area (Å²) in [5, 5.41) is 13.6. The number of aromatic nitrogens is 4. The second kappa shape index (κ2) is 10.1. The largest absolute Gasteiger partial charge is 0.354 e. The highest BCUT2D eigenvalue weighted by molar-refractivity contribution is 6.04. The van der Waals surface area contributed by atoms with Crippen LogP contribution in [0.15, 0.2) is 67.1 Å². The third-order valence-electron chi connectivity index (χ3n) is 5.25. The lowest BCUT2D eigenvalue weighted by Crippen LogP contribution is -2.19. The number of nitrogens with zero attached hydrogens (tertiary/aromatic N) is 4. The minimum absolute atomic E-state index is 0.0730. The quantitative estimate of drug-likeness (QED) is 0.427. The second-order valence-corrected chi connectivity index (χ2v) is 7.59. The zero-order valence-corrected chi connectivity index (χ0v) is 18.8. The van der Waals surface area contributed by atoms with Crippen LogP contribution in [0.1, 0.15) is 38.5 Å². The van der Waals surface area contributed by atoms with E-state index >= 15 is 0 Å². The van der Waals surface area contributed by atoms with E-state index in [0.29, 0.717) is 11.4 Å². The van der Waals surface area contributed by atoms with Crippen molar-refractivity contribution in [2.75, 3.05) is 12.4 Å². The number of amides is 2. The minimum Gasteiger partial charge on any atom is -0.354 e. The van der Waals surface area contributed by atoms with Crippen LogP contribution < -0.4 is 10.6 Å². The second-order valence-electron chi connectivity index (χ2n) is 7.59. The lowest BCUT2D eigenvalue weighted by atomic mass is 10.0. The van der Waals surface area contributed by atoms with Crippen molar-refractivity contribution in [2.45, 2.75) is 13.3 Å². The van der Waals surface area contributed by atoms with Crippen molar-refractivity contribution in [2.24, 2.45) is 0 Å². The van der Waals surface area contributed by atoms with E-state index in [9.17, 15) is 18.4 Å². The molecule has 3 aromatic heterocycles. The standard InChI is InChI=1S/C25H20F2N6O2/c1-14-3-4-18(32-24(34)16-6-8-29-21(10-16)23(26)27)12-19(14)20-11-17(13-31-33-20)15-5-7-30-22(9-15)25(35)28-2/h3-13,23H,1-2H3,(H,28,35)(H,32,34). The summed E-state index contributed by atoms with van der Waals surface area (Å²) in [5.41, 5.74) is 3.98. The Morgan fingerprint density at radius 3 is 2.49 bits per heavy atom. The van der Waals surface area contributed by atoms with Crippen molar-refractivity contribution in [3.8, 4) is 22.4 Å². The number of carbonyl (C=O) groups excluding carboxylic acids is 2. The van der Waals surface area contributed by atoms with Crippen LogP contribution in [-0.2, 0) is 0 Å². The molecular formula is C25H20F2N6O2. The molecule has 3 heterocycles. The predicted molar refractivity (Wildman–Crippen MR) is 126 cm³/mol. The maximum Gasteiger partial charge on any atom is 0.280 e. The zero-order valence-electron chi connectivity index (χ0n) is 18.8. The first-order valence-corrected chi connectivity index (χ1v) is 10.5. The lowest BCUT2D eigenvalue weighted by molar-refractivity contribution is 0.0957. The molecule has 0 unspecified atom stereocenters. The van der Waals surface area contributed by atoms with E-state index in [-0.39, 0.29) is 17.2 Å². The van der Waals surface area contributed by atoms with Gasteiger partial charge in [0.25, 0.3) is 18.2 Å². The molecule has 2 N–H and O–H groups in total. The SMILES string of the molecule is CNC(=O)c1cc(-c2cnnc(-c3cc(NC(=O)c4ccnc(C(F)F)c4)ccc3C)c2)ccn1. The van der Waals surface area contributed by atoms with Gasteiger partial charge in [-0.1, -0.05) is 6.07 Å². The number of anilines is 1. The highest BCUT2D eigenvalue weighted by Crippen LogP contribution is 2.28. The molecule has 0 fully saturated rings. The Balaban J connectivity index is 1.63. The maximum atomic E-state index is 12.9. The molecule has 0 aliphatic carbocycles. The van der Waals surface area contributed by atoms with Crippen LogP contribution in [0.25, 0.3) is 22.4 Å². The molecule has 0 saturated heterocycles. The predicted octanol–water partition coefficient (Wildman–Crippen LogP) is 4.46. The van der Waals surface area contributed by atoms with Gasteiger partial charge in [0, 0.05) is 41.8 Å². The summed E-state index contributed by atoms with van der Waals surface area (Å²) in [6.45, 7) is 1.89. The summed E-state index contributed by atoms with van der Waals surface area (Å²) >= 11 is 0. The van der Waals surface area contributed by atoms with Crippen LogP contribution in [0.4, 0.5) is 14.5 Å². The first kappa shape index (κ1) is 23.6. The van der Waals surface area contributed by atoms with Crippen LogP contribution in [-0.4, -0.2) is 39.0 Å². The molecule has 0 atom stereocenters.